The second-order valence-corrected chi connectivity index (χ2v) is 7.07. The number of halogens is 1. The molecule has 1 aromatic rings. The first kappa shape index (κ1) is 15.7. The van der Waals surface area contributed by atoms with Crippen molar-refractivity contribution in [2.24, 2.45) is 0 Å². The van der Waals surface area contributed by atoms with E-state index in [-0.39, 0.29) is 5.88 Å². The van der Waals surface area contributed by atoms with E-state index in [4.69, 9.17) is 11.6 Å². The SMILES string of the molecule is O=S(=O)(c1ccccc1)N1CCN(CC(O)CCl)CC1. The van der Waals surface area contributed by atoms with E-state index in [0.29, 0.717) is 37.6 Å². The van der Waals surface area contributed by atoms with Gasteiger partial charge in [0, 0.05) is 38.6 Å². The van der Waals surface area contributed by atoms with Gasteiger partial charge in [-0.05, 0) is 12.1 Å². The van der Waals surface area contributed by atoms with Gasteiger partial charge < -0.3 is 5.11 Å². The number of hydrogen-bond acceptors (Lipinski definition) is 4. The molecule has 1 saturated heterocycles. The molecule has 1 aliphatic rings. The number of benzene rings is 1. The van der Waals surface area contributed by atoms with Crippen LogP contribution in [0.15, 0.2) is 35.2 Å². The van der Waals surface area contributed by atoms with E-state index in [1.54, 1.807) is 30.3 Å². The molecule has 1 fully saturated rings. The lowest BCUT2D eigenvalue weighted by Crippen LogP contribution is -2.50. The number of aliphatic hydroxyl groups is 1. The van der Waals surface area contributed by atoms with E-state index in [2.05, 4.69) is 0 Å². The molecular weight excluding hydrogens is 300 g/mol. The molecule has 1 heterocycles. The van der Waals surface area contributed by atoms with Crippen LogP contribution in [0.25, 0.3) is 0 Å². The lowest BCUT2D eigenvalue weighted by atomic mass is 10.3. The van der Waals surface area contributed by atoms with Crippen molar-refractivity contribution in [3.63, 3.8) is 0 Å². The average Bonchev–Trinajstić information content (AvgIpc) is 2.48. The van der Waals surface area contributed by atoms with Crippen LogP contribution in [0.2, 0.25) is 0 Å². The number of sulfonamides is 1. The second kappa shape index (κ2) is 6.87. The summed E-state index contributed by atoms with van der Waals surface area (Å²) in [6.45, 7) is 2.58. The van der Waals surface area contributed by atoms with Crippen LogP contribution in [0, 0.1) is 0 Å². The number of nitrogens with zero attached hydrogens (tertiary/aromatic N) is 2. The van der Waals surface area contributed by atoms with Gasteiger partial charge in [0.05, 0.1) is 11.0 Å². The summed E-state index contributed by atoms with van der Waals surface area (Å²) in [4.78, 5) is 2.36. The summed E-state index contributed by atoms with van der Waals surface area (Å²) in [5, 5.41) is 9.51. The minimum Gasteiger partial charge on any atom is -0.391 e. The first-order chi connectivity index (χ1) is 9.54. The van der Waals surface area contributed by atoms with Gasteiger partial charge in [0.25, 0.3) is 0 Å². The molecule has 112 valence electrons. The van der Waals surface area contributed by atoms with Crippen molar-refractivity contribution in [3.8, 4) is 0 Å². The van der Waals surface area contributed by atoms with Crippen molar-refractivity contribution in [2.45, 2.75) is 11.0 Å². The van der Waals surface area contributed by atoms with Crippen molar-refractivity contribution in [2.75, 3.05) is 38.6 Å². The molecule has 0 spiro atoms. The van der Waals surface area contributed by atoms with Crippen LogP contribution in [-0.2, 0) is 10.0 Å². The third-order valence-electron chi connectivity index (χ3n) is 3.36. The summed E-state index contributed by atoms with van der Waals surface area (Å²) < 4.78 is 26.3. The largest absolute Gasteiger partial charge is 0.391 e. The van der Waals surface area contributed by atoms with E-state index in [0.717, 1.165) is 0 Å². The van der Waals surface area contributed by atoms with Gasteiger partial charge >= 0.3 is 0 Å². The van der Waals surface area contributed by atoms with Crippen LogP contribution in [0.3, 0.4) is 0 Å². The topological polar surface area (TPSA) is 60.9 Å². The molecule has 0 bridgehead atoms. The van der Waals surface area contributed by atoms with Crippen molar-refractivity contribution >= 4 is 21.6 Å². The van der Waals surface area contributed by atoms with Gasteiger partial charge in [0.1, 0.15) is 0 Å². The predicted octanol–water partition coefficient (Wildman–Crippen LogP) is 0.593. The van der Waals surface area contributed by atoms with Gasteiger partial charge in [0.15, 0.2) is 0 Å². The number of β-amino-alcohol motifs (C(OH)–C–C–N with tert-alkyl or cyclic N) is 1. The van der Waals surface area contributed by atoms with E-state index >= 15 is 0 Å². The monoisotopic (exact) mass is 318 g/mol. The van der Waals surface area contributed by atoms with Crippen LogP contribution in [-0.4, -0.2) is 67.4 Å². The molecule has 5 nitrogen and oxygen atoms in total. The molecule has 0 aliphatic carbocycles. The normalized spacial score (nSPS) is 19.9. The first-order valence-corrected chi connectivity index (χ1v) is 8.53. The third-order valence-corrected chi connectivity index (χ3v) is 5.63. The highest BCUT2D eigenvalue weighted by Crippen LogP contribution is 2.17. The maximum Gasteiger partial charge on any atom is 0.243 e. The Morgan fingerprint density at radius 2 is 1.75 bits per heavy atom. The van der Waals surface area contributed by atoms with Crippen LogP contribution >= 0.6 is 11.6 Å². The molecular formula is C13H19ClN2O3S. The average molecular weight is 319 g/mol. The van der Waals surface area contributed by atoms with Crippen LogP contribution in [0.4, 0.5) is 0 Å². The Morgan fingerprint density at radius 1 is 1.15 bits per heavy atom. The minimum atomic E-state index is -3.40. The summed E-state index contributed by atoms with van der Waals surface area (Å²) in [5.74, 6) is 0.197. The molecule has 20 heavy (non-hydrogen) atoms. The summed E-state index contributed by atoms with van der Waals surface area (Å²) in [6, 6.07) is 8.46. The fraction of sp³-hybridized carbons (Fsp3) is 0.538. The van der Waals surface area contributed by atoms with Gasteiger partial charge in [-0.25, -0.2) is 8.42 Å². The van der Waals surface area contributed by atoms with Gasteiger partial charge in [-0.2, -0.15) is 4.31 Å². The molecule has 7 heteroatoms. The molecule has 1 N–H and O–H groups in total. The van der Waals surface area contributed by atoms with E-state index < -0.39 is 16.1 Å². The lowest BCUT2D eigenvalue weighted by Gasteiger charge is -2.34. The van der Waals surface area contributed by atoms with E-state index in [1.165, 1.54) is 4.31 Å². The van der Waals surface area contributed by atoms with Crippen molar-refractivity contribution < 1.29 is 13.5 Å². The molecule has 1 atom stereocenters. The molecule has 0 radical (unpaired) electrons. The van der Waals surface area contributed by atoms with Crippen molar-refractivity contribution in [1.29, 1.82) is 0 Å². The number of alkyl halides is 1. The Labute approximate surface area is 124 Å². The fourth-order valence-electron chi connectivity index (χ4n) is 2.24. The molecule has 1 aromatic carbocycles. The third kappa shape index (κ3) is 3.71. The van der Waals surface area contributed by atoms with Gasteiger partial charge in [-0.1, -0.05) is 18.2 Å². The van der Waals surface area contributed by atoms with Crippen molar-refractivity contribution in [1.82, 2.24) is 9.21 Å². The fourth-order valence-corrected chi connectivity index (χ4v) is 3.78. The van der Waals surface area contributed by atoms with E-state index in [1.807, 2.05) is 4.90 Å². The maximum atomic E-state index is 12.4. The molecule has 2 rings (SSSR count). The summed E-state index contributed by atoms with van der Waals surface area (Å²) in [7, 11) is -3.40. The lowest BCUT2D eigenvalue weighted by molar-refractivity contribution is 0.105. The van der Waals surface area contributed by atoms with Gasteiger partial charge in [-0.3, -0.25) is 4.90 Å². The Hall–Kier alpha value is -0.660. The molecule has 0 saturated carbocycles. The highest BCUT2D eigenvalue weighted by Gasteiger charge is 2.28. The van der Waals surface area contributed by atoms with E-state index in [9.17, 15) is 13.5 Å². The number of hydrogen-bond donors (Lipinski definition) is 1. The number of rotatable bonds is 5. The van der Waals surface area contributed by atoms with Gasteiger partial charge in [0.2, 0.25) is 10.0 Å². The standard InChI is InChI=1S/C13H19ClN2O3S/c14-10-12(17)11-15-6-8-16(9-7-15)20(18,19)13-4-2-1-3-5-13/h1-5,12,17H,6-11H2. The summed E-state index contributed by atoms with van der Waals surface area (Å²) in [6.07, 6.45) is -0.561. The predicted molar refractivity (Wildman–Crippen MR) is 78.4 cm³/mol. The molecule has 0 aromatic heterocycles. The zero-order valence-corrected chi connectivity index (χ0v) is 12.7. The summed E-state index contributed by atoms with van der Waals surface area (Å²) in [5.41, 5.74) is 0. The zero-order chi connectivity index (χ0) is 14.6. The number of piperazine rings is 1. The van der Waals surface area contributed by atoms with Crippen LogP contribution in [0.5, 0.6) is 0 Å². The van der Waals surface area contributed by atoms with Crippen LogP contribution < -0.4 is 0 Å². The second-order valence-electron chi connectivity index (χ2n) is 4.83. The van der Waals surface area contributed by atoms with Crippen LogP contribution in [0.1, 0.15) is 0 Å². The Morgan fingerprint density at radius 3 is 2.30 bits per heavy atom. The Kier molecular flexibility index (Phi) is 5.40. The van der Waals surface area contributed by atoms with Gasteiger partial charge in [-0.15, -0.1) is 11.6 Å². The highest BCUT2D eigenvalue weighted by molar-refractivity contribution is 7.89. The zero-order valence-electron chi connectivity index (χ0n) is 11.2. The Bertz CT molecular complexity index is 516. The molecule has 0 amide bonds. The number of aliphatic hydroxyl groups excluding tert-OH is 1. The Balaban J connectivity index is 1.97. The van der Waals surface area contributed by atoms with Crippen molar-refractivity contribution in [3.05, 3.63) is 30.3 Å². The first-order valence-electron chi connectivity index (χ1n) is 6.55. The highest BCUT2D eigenvalue weighted by atomic mass is 35.5. The molecule has 1 aliphatic heterocycles. The minimum absolute atomic E-state index is 0.197. The molecule has 1 unspecified atom stereocenters. The smallest absolute Gasteiger partial charge is 0.243 e. The quantitative estimate of drug-likeness (QED) is 0.807. The summed E-state index contributed by atoms with van der Waals surface area (Å²) >= 11 is 5.57. The maximum absolute atomic E-state index is 12.4.